The predicted octanol–water partition coefficient (Wildman–Crippen LogP) is -0.405. The average Bonchev–Trinajstić information content (AvgIpc) is 2.04. The van der Waals surface area contributed by atoms with E-state index in [1.807, 2.05) is 0 Å². The number of esters is 1. The van der Waals surface area contributed by atoms with Crippen molar-refractivity contribution < 1.29 is 14.4 Å². The molecule has 1 aromatic heterocycles. The van der Waals surface area contributed by atoms with Crippen LogP contribution in [0, 0.1) is 12.1 Å². The quantitative estimate of drug-likeness (QED) is 0.354. The zero-order valence-corrected chi connectivity index (χ0v) is 7.35. The first kappa shape index (κ1) is 9.37. The zero-order chi connectivity index (χ0) is 9.84. The Kier molecular flexibility index (Phi) is 2.73. The van der Waals surface area contributed by atoms with Crippen LogP contribution in [-0.2, 0) is 4.74 Å². The maximum absolute atomic E-state index is 11.1. The van der Waals surface area contributed by atoms with E-state index in [-0.39, 0.29) is 17.1 Å². The van der Waals surface area contributed by atoms with E-state index in [1.165, 1.54) is 6.20 Å². The lowest BCUT2D eigenvalue weighted by molar-refractivity contribution is -0.675. The normalized spacial score (nSPS) is 9.69. The maximum atomic E-state index is 11.1. The molecule has 1 heterocycles. The SMILES string of the molecule is CCOC(=O)c1nn[n+]([O-])cc1C. The molecule has 1 rings (SSSR count). The van der Waals surface area contributed by atoms with Crippen molar-refractivity contribution in [1.82, 2.24) is 10.3 Å². The highest BCUT2D eigenvalue weighted by molar-refractivity contribution is 5.88. The minimum atomic E-state index is -0.562. The van der Waals surface area contributed by atoms with E-state index < -0.39 is 5.97 Å². The van der Waals surface area contributed by atoms with E-state index in [1.54, 1.807) is 13.8 Å². The standard InChI is InChI=1S/C7H9N3O3/c1-3-13-7(11)6-5(2)4-10(12)9-8-6/h4H,3H2,1-2H3. The molecule has 0 aromatic carbocycles. The summed E-state index contributed by atoms with van der Waals surface area (Å²) < 4.78 is 4.70. The first-order valence-electron chi connectivity index (χ1n) is 3.76. The topological polar surface area (TPSA) is 79.0 Å². The highest BCUT2D eigenvalue weighted by Gasteiger charge is 2.19. The summed E-state index contributed by atoms with van der Waals surface area (Å²) in [5.74, 6) is -0.562. The van der Waals surface area contributed by atoms with Crippen molar-refractivity contribution in [2.45, 2.75) is 13.8 Å². The van der Waals surface area contributed by atoms with E-state index in [9.17, 15) is 10.0 Å². The molecule has 0 N–H and O–H groups in total. The summed E-state index contributed by atoms with van der Waals surface area (Å²) in [6.45, 7) is 3.55. The fourth-order valence-electron chi connectivity index (χ4n) is 0.822. The second-order valence-electron chi connectivity index (χ2n) is 2.37. The van der Waals surface area contributed by atoms with Gasteiger partial charge in [-0.15, -0.1) is 4.85 Å². The largest absolute Gasteiger partial charge is 0.691 e. The summed E-state index contributed by atoms with van der Waals surface area (Å²) in [5, 5.41) is 17.2. The molecule has 0 fully saturated rings. The summed E-state index contributed by atoms with van der Waals surface area (Å²) >= 11 is 0. The summed E-state index contributed by atoms with van der Waals surface area (Å²) in [6.07, 6.45) is 1.17. The van der Waals surface area contributed by atoms with Crippen LogP contribution < -0.4 is 4.85 Å². The van der Waals surface area contributed by atoms with Crippen molar-refractivity contribution in [3.8, 4) is 0 Å². The molecule has 0 aliphatic rings. The molecule has 0 spiro atoms. The predicted molar refractivity (Wildman–Crippen MR) is 41.7 cm³/mol. The summed E-state index contributed by atoms with van der Waals surface area (Å²) in [4.78, 5) is 11.4. The van der Waals surface area contributed by atoms with Crippen LogP contribution in [0.2, 0.25) is 0 Å². The summed E-state index contributed by atoms with van der Waals surface area (Å²) in [5.41, 5.74) is 0.525. The van der Waals surface area contributed by atoms with Crippen LogP contribution >= 0.6 is 0 Å². The Morgan fingerprint density at radius 3 is 3.00 bits per heavy atom. The Morgan fingerprint density at radius 1 is 1.77 bits per heavy atom. The van der Waals surface area contributed by atoms with Crippen molar-refractivity contribution in [1.29, 1.82) is 0 Å². The zero-order valence-electron chi connectivity index (χ0n) is 7.35. The van der Waals surface area contributed by atoms with Gasteiger partial charge in [-0.2, -0.15) is 0 Å². The Balaban J connectivity index is 2.95. The molecule has 0 saturated carbocycles. The van der Waals surface area contributed by atoms with Crippen molar-refractivity contribution in [3.63, 3.8) is 0 Å². The first-order valence-corrected chi connectivity index (χ1v) is 3.76. The molecule has 6 nitrogen and oxygen atoms in total. The third kappa shape index (κ3) is 2.11. The number of nitrogens with zero attached hydrogens (tertiary/aromatic N) is 3. The Hall–Kier alpha value is -1.72. The number of aromatic nitrogens is 3. The number of carbonyl (C=O) groups excluding carboxylic acids is 1. The number of ether oxygens (including phenoxy) is 1. The van der Waals surface area contributed by atoms with Gasteiger partial charge in [-0.1, -0.05) is 0 Å². The number of hydrogen-bond acceptors (Lipinski definition) is 5. The molecule has 0 amide bonds. The van der Waals surface area contributed by atoms with E-state index >= 15 is 0 Å². The van der Waals surface area contributed by atoms with Gasteiger partial charge in [0.15, 0.2) is 0 Å². The molecule has 0 bridgehead atoms. The number of hydrogen-bond donors (Lipinski definition) is 0. The van der Waals surface area contributed by atoms with Gasteiger partial charge in [0.25, 0.3) is 5.69 Å². The van der Waals surface area contributed by atoms with Crippen LogP contribution in [0.5, 0.6) is 0 Å². The number of rotatable bonds is 2. The summed E-state index contributed by atoms with van der Waals surface area (Å²) in [7, 11) is 0. The highest BCUT2D eigenvalue weighted by atomic mass is 16.5. The van der Waals surface area contributed by atoms with Crippen LogP contribution in [0.1, 0.15) is 23.0 Å². The van der Waals surface area contributed by atoms with Gasteiger partial charge in [0.1, 0.15) is 11.4 Å². The smallest absolute Gasteiger partial charge is 0.386 e. The molecule has 0 aliphatic carbocycles. The average molecular weight is 183 g/mol. The van der Waals surface area contributed by atoms with Gasteiger partial charge in [0.2, 0.25) is 0 Å². The Labute approximate surface area is 74.7 Å². The van der Waals surface area contributed by atoms with Gasteiger partial charge < -0.3 is 9.94 Å². The molecular formula is C7H9N3O3. The molecule has 0 atom stereocenters. The lowest BCUT2D eigenvalue weighted by Crippen LogP contribution is -2.33. The van der Waals surface area contributed by atoms with Gasteiger partial charge in [-0.25, -0.2) is 4.79 Å². The summed E-state index contributed by atoms with van der Waals surface area (Å²) in [6, 6.07) is 0. The molecule has 0 unspecified atom stereocenters. The van der Waals surface area contributed by atoms with Crippen LogP contribution in [0.4, 0.5) is 0 Å². The van der Waals surface area contributed by atoms with Gasteiger partial charge in [-0.05, 0) is 13.8 Å². The van der Waals surface area contributed by atoms with Crippen molar-refractivity contribution in [2.24, 2.45) is 0 Å². The van der Waals surface area contributed by atoms with E-state index in [4.69, 9.17) is 4.74 Å². The lowest BCUT2D eigenvalue weighted by atomic mass is 10.3. The lowest BCUT2D eigenvalue weighted by Gasteiger charge is -2.00. The van der Waals surface area contributed by atoms with E-state index in [0.717, 1.165) is 0 Å². The maximum Gasteiger partial charge on any atom is 0.386 e. The Bertz CT molecular complexity index is 327. The van der Waals surface area contributed by atoms with Gasteiger partial charge in [-0.3, -0.25) is 0 Å². The van der Waals surface area contributed by atoms with Gasteiger partial charge in [0, 0.05) is 0 Å². The fraction of sp³-hybridized carbons (Fsp3) is 0.429. The molecule has 0 radical (unpaired) electrons. The molecular weight excluding hydrogens is 174 g/mol. The van der Waals surface area contributed by atoms with Gasteiger partial charge in [0.05, 0.1) is 17.3 Å². The monoisotopic (exact) mass is 183 g/mol. The minimum Gasteiger partial charge on any atom is -0.691 e. The molecule has 0 aliphatic heterocycles. The first-order chi connectivity index (χ1) is 6.15. The molecule has 6 heteroatoms. The van der Waals surface area contributed by atoms with Crippen molar-refractivity contribution in [3.05, 3.63) is 22.7 Å². The van der Waals surface area contributed by atoms with E-state index in [2.05, 4.69) is 10.3 Å². The number of carbonyl (C=O) groups is 1. The Morgan fingerprint density at radius 2 is 2.46 bits per heavy atom. The van der Waals surface area contributed by atoms with Crippen LogP contribution in [0.25, 0.3) is 0 Å². The molecule has 70 valence electrons. The minimum absolute atomic E-state index is 0.0777. The third-order valence-electron chi connectivity index (χ3n) is 1.38. The highest BCUT2D eigenvalue weighted by Crippen LogP contribution is 2.00. The van der Waals surface area contributed by atoms with Crippen molar-refractivity contribution in [2.75, 3.05) is 6.61 Å². The fourth-order valence-corrected chi connectivity index (χ4v) is 0.822. The number of aryl methyl sites for hydroxylation is 1. The van der Waals surface area contributed by atoms with Crippen LogP contribution in [-0.4, -0.2) is 22.9 Å². The van der Waals surface area contributed by atoms with Crippen LogP contribution in [0.3, 0.4) is 0 Å². The molecule has 0 saturated heterocycles. The van der Waals surface area contributed by atoms with E-state index in [0.29, 0.717) is 5.56 Å². The molecule has 13 heavy (non-hydrogen) atoms. The van der Waals surface area contributed by atoms with Crippen LogP contribution in [0.15, 0.2) is 6.20 Å². The molecule has 1 aromatic rings. The van der Waals surface area contributed by atoms with Crippen molar-refractivity contribution >= 4 is 5.97 Å². The van der Waals surface area contributed by atoms with Gasteiger partial charge >= 0.3 is 5.97 Å². The second-order valence-corrected chi connectivity index (χ2v) is 2.37. The second kappa shape index (κ2) is 3.79. The third-order valence-corrected chi connectivity index (χ3v) is 1.38.